The van der Waals surface area contributed by atoms with Crippen molar-refractivity contribution >= 4 is 11.6 Å². The van der Waals surface area contributed by atoms with Gasteiger partial charge in [0.05, 0.1) is 6.33 Å². The van der Waals surface area contributed by atoms with E-state index in [-0.39, 0.29) is 17.1 Å². The molecule has 0 atom stereocenters. The third kappa shape index (κ3) is 3.61. The predicted molar refractivity (Wildman–Crippen MR) is 65.9 cm³/mol. The fourth-order valence-corrected chi connectivity index (χ4v) is 1.44. The Morgan fingerprint density at radius 2 is 2.15 bits per heavy atom. The van der Waals surface area contributed by atoms with E-state index in [4.69, 9.17) is 0 Å². The van der Waals surface area contributed by atoms with E-state index in [1.807, 2.05) is 0 Å². The third-order valence-electron chi connectivity index (χ3n) is 2.23. The monoisotopic (exact) mass is 281 g/mol. The maximum absolute atomic E-state index is 12.1. The Balaban J connectivity index is 2.13. The molecule has 0 saturated heterocycles. The average molecular weight is 281 g/mol. The highest BCUT2D eigenvalue weighted by molar-refractivity contribution is 6.02. The van der Waals surface area contributed by atoms with Gasteiger partial charge in [-0.3, -0.25) is 9.59 Å². The van der Waals surface area contributed by atoms with Crippen LogP contribution in [0.3, 0.4) is 0 Å². The fourth-order valence-electron chi connectivity index (χ4n) is 1.44. The van der Waals surface area contributed by atoms with Gasteiger partial charge in [0.1, 0.15) is 11.4 Å². The van der Waals surface area contributed by atoms with E-state index in [9.17, 15) is 18.4 Å². The first-order valence-electron chi connectivity index (χ1n) is 5.45. The molecule has 0 spiro atoms. The van der Waals surface area contributed by atoms with E-state index in [1.165, 1.54) is 24.3 Å². The molecule has 0 saturated carbocycles. The van der Waals surface area contributed by atoms with Crippen LogP contribution in [0.25, 0.3) is 0 Å². The van der Waals surface area contributed by atoms with Gasteiger partial charge in [0.2, 0.25) is 0 Å². The number of aromatic amines is 1. The summed E-state index contributed by atoms with van der Waals surface area (Å²) in [4.78, 5) is 28.8. The SMILES string of the molecule is O=C(Nc1cccc(OC(F)F)c1)c1cc(=O)[nH]cn1. The van der Waals surface area contributed by atoms with Gasteiger partial charge in [0, 0.05) is 17.8 Å². The average Bonchev–Trinajstić information content (AvgIpc) is 2.38. The molecular weight excluding hydrogens is 272 g/mol. The number of anilines is 1. The van der Waals surface area contributed by atoms with Crippen molar-refractivity contribution in [1.82, 2.24) is 9.97 Å². The molecule has 1 amide bonds. The van der Waals surface area contributed by atoms with E-state index in [0.29, 0.717) is 0 Å². The summed E-state index contributed by atoms with van der Waals surface area (Å²) in [5.74, 6) is -0.720. The quantitative estimate of drug-likeness (QED) is 0.892. The number of rotatable bonds is 4. The Hall–Kier alpha value is -2.77. The lowest BCUT2D eigenvalue weighted by molar-refractivity contribution is -0.0497. The Labute approximate surface area is 111 Å². The van der Waals surface area contributed by atoms with Crippen LogP contribution in [0.5, 0.6) is 5.75 Å². The minimum absolute atomic E-state index is 0.0864. The van der Waals surface area contributed by atoms with E-state index in [1.54, 1.807) is 0 Å². The highest BCUT2D eigenvalue weighted by Gasteiger charge is 2.10. The van der Waals surface area contributed by atoms with Crippen LogP contribution < -0.4 is 15.6 Å². The topological polar surface area (TPSA) is 84.1 Å². The number of aromatic nitrogens is 2. The lowest BCUT2D eigenvalue weighted by Gasteiger charge is -2.07. The molecule has 0 fully saturated rings. The summed E-state index contributed by atoms with van der Waals surface area (Å²) in [7, 11) is 0. The number of carbonyl (C=O) groups is 1. The number of ether oxygens (including phenoxy) is 1. The molecule has 1 aromatic heterocycles. The Morgan fingerprint density at radius 1 is 1.35 bits per heavy atom. The van der Waals surface area contributed by atoms with Crippen molar-refractivity contribution in [2.45, 2.75) is 6.61 Å². The fraction of sp³-hybridized carbons (Fsp3) is 0.0833. The molecule has 2 rings (SSSR count). The molecule has 0 radical (unpaired) electrons. The number of halogens is 2. The summed E-state index contributed by atoms with van der Waals surface area (Å²) in [5.41, 5.74) is -0.316. The number of nitrogens with zero attached hydrogens (tertiary/aromatic N) is 1. The van der Waals surface area contributed by atoms with Crippen molar-refractivity contribution in [2.24, 2.45) is 0 Å². The van der Waals surface area contributed by atoms with Crippen molar-refractivity contribution < 1.29 is 18.3 Å². The van der Waals surface area contributed by atoms with Gasteiger partial charge in [-0.1, -0.05) is 6.07 Å². The molecule has 0 unspecified atom stereocenters. The molecule has 6 nitrogen and oxygen atoms in total. The summed E-state index contributed by atoms with van der Waals surface area (Å²) in [6, 6.07) is 6.52. The van der Waals surface area contributed by atoms with Crippen LogP contribution in [0.2, 0.25) is 0 Å². The van der Waals surface area contributed by atoms with Gasteiger partial charge < -0.3 is 15.0 Å². The number of alkyl halides is 2. The van der Waals surface area contributed by atoms with E-state index < -0.39 is 18.1 Å². The van der Waals surface area contributed by atoms with Gasteiger partial charge in [-0.05, 0) is 12.1 Å². The number of nitrogens with one attached hydrogen (secondary N) is 2. The second-order valence-electron chi connectivity index (χ2n) is 3.66. The molecule has 8 heteroatoms. The Bertz CT molecular complexity index is 673. The van der Waals surface area contributed by atoms with Crippen LogP contribution in [-0.4, -0.2) is 22.5 Å². The summed E-state index contributed by atoms with van der Waals surface area (Å²) in [5, 5.41) is 2.42. The minimum Gasteiger partial charge on any atom is -0.435 e. The van der Waals surface area contributed by atoms with Crippen LogP contribution in [-0.2, 0) is 0 Å². The first-order valence-corrected chi connectivity index (χ1v) is 5.45. The van der Waals surface area contributed by atoms with E-state index >= 15 is 0 Å². The van der Waals surface area contributed by atoms with Crippen molar-refractivity contribution in [3.63, 3.8) is 0 Å². The highest BCUT2D eigenvalue weighted by atomic mass is 19.3. The third-order valence-corrected chi connectivity index (χ3v) is 2.23. The number of benzene rings is 1. The predicted octanol–water partition coefficient (Wildman–Crippen LogP) is 1.62. The van der Waals surface area contributed by atoms with Crippen molar-refractivity contribution in [3.05, 3.63) is 52.7 Å². The molecule has 2 N–H and O–H groups in total. The standard InChI is InChI=1S/C12H9F2N3O3/c13-12(14)20-8-3-1-2-7(4-8)17-11(19)9-5-10(18)16-6-15-9/h1-6,12H,(H,17,19)(H,15,16,18). The number of carbonyl (C=O) groups excluding carboxylic acids is 1. The summed E-state index contributed by atoms with van der Waals surface area (Å²) < 4.78 is 28.3. The van der Waals surface area contributed by atoms with Crippen LogP contribution in [0.1, 0.15) is 10.5 Å². The largest absolute Gasteiger partial charge is 0.435 e. The van der Waals surface area contributed by atoms with Crippen molar-refractivity contribution in [3.8, 4) is 5.75 Å². The van der Waals surface area contributed by atoms with Crippen LogP contribution in [0, 0.1) is 0 Å². The van der Waals surface area contributed by atoms with Gasteiger partial charge in [0.15, 0.2) is 0 Å². The van der Waals surface area contributed by atoms with Gasteiger partial charge in [-0.2, -0.15) is 8.78 Å². The zero-order valence-corrected chi connectivity index (χ0v) is 9.97. The zero-order valence-electron chi connectivity index (χ0n) is 9.97. The maximum atomic E-state index is 12.1. The van der Waals surface area contributed by atoms with Crippen LogP contribution >= 0.6 is 0 Å². The van der Waals surface area contributed by atoms with Crippen LogP contribution in [0.4, 0.5) is 14.5 Å². The van der Waals surface area contributed by atoms with Gasteiger partial charge in [-0.25, -0.2) is 4.98 Å². The molecular formula is C12H9F2N3O3. The van der Waals surface area contributed by atoms with Crippen LogP contribution in [0.15, 0.2) is 41.5 Å². The number of H-pyrrole nitrogens is 1. The molecule has 0 aliphatic carbocycles. The molecule has 0 bridgehead atoms. The lowest BCUT2D eigenvalue weighted by atomic mass is 10.3. The maximum Gasteiger partial charge on any atom is 0.387 e. The zero-order chi connectivity index (χ0) is 14.5. The van der Waals surface area contributed by atoms with Crippen molar-refractivity contribution in [2.75, 3.05) is 5.32 Å². The summed E-state index contributed by atoms with van der Waals surface area (Å²) >= 11 is 0. The number of hydrogen-bond acceptors (Lipinski definition) is 4. The molecule has 0 aliphatic rings. The normalized spacial score (nSPS) is 10.3. The molecule has 1 heterocycles. The molecule has 104 valence electrons. The molecule has 2 aromatic rings. The molecule has 1 aromatic carbocycles. The number of amides is 1. The van der Waals surface area contributed by atoms with Gasteiger partial charge in [-0.15, -0.1) is 0 Å². The highest BCUT2D eigenvalue weighted by Crippen LogP contribution is 2.19. The summed E-state index contributed by atoms with van der Waals surface area (Å²) in [6.45, 7) is -2.95. The lowest BCUT2D eigenvalue weighted by Crippen LogP contribution is -2.17. The van der Waals surface area contributed by atoms with Crippen molar-refractivity contribution in [1.29, 1.82) is 0 Å². The Morgan fingerprint density at radius 3 is 2.85 bits per heavy atom. The molecule has 0 aliphatic heterocycles. The summed E-state index contributed by atoms with van der Waals surface area (Å²) in [6.07, 6.45) is 1.09. The van der Waals surface area contributed by atoms with Gasteiger partial charge >= 0.3 is 6.61 Å². The second-order valence-corrected chi connectivity index (χ2v) is 3.66. The minimum atomic E-state index is -2.95. The molecule has 20 heavy (non-hydrogen) atoms. The second kappa shape index (κ2) is 5.91. The number of hydrogen-bond donors (Lipinski definition) is 2. The van der Waals surface area contributed by atoms with E-state index in [0.717, 1.165) is 12.4 Å². The van der Waals surface area contributed by atoms with Gasteiger partial charge in [0.25, 0.3) is 11.5 Å². The first kappa shape index (κ1) is 13.7. The smallest absolute Gasteiger partial charge is 0.387 e. The Kier molecular flexibility index (Phi) is 4.04. The first-order chi connectivity index (χ1) is 9.54. The van der Waals surface area contributed by atoms with E-state index in [2.05, 4.69) is 20.0 Å².